The summed E-state index contributed by atoms with van der Waals surface area (Å²) in [6.07, 6.45) is 0.219. The van der Waals surface area contributed by atoms with Crippen molar-refractivity contribution in [3.63, 3.8) is 0 Å². The summed E-state index contributed by atoms with van der Waals surface area (Å²) < 4.78 is 4.88. The number of carbonyl (C=O) groups is 2. The molecular weight excluding hydrogens is 310 g/mol. The Morgan fingerprint density at radius 2 is 1.83 bits per heavy atom. The number of aromatic nitrogens is 1. The van der Waals surface area contributed by atoms with E-state index in [2.05, 4.69) is 15.6 Å². The number of H-pyrrole nitrogens is 1. The fourth-order valence-corrected chi connectivity index (χ4v) is 2.26. The molecule has 2 amide bonds. The largest absolute Gasteiger partial charge is 0.417 e. The molecule has 7 heteroatoms. The fourth-order valence-electron chi connectivity index (χ4n) is 2.26. The molecule has 3 rings (SSSR count). The normalized spacial score (nSPS) is 10.5. The Bertz CT molecular complexity index is 928. The number of carbonyl (C=O) groups excluding carboxylic acids is 2. The summed E-state index contributed by atoms with van der Waals surface area (Å²) in [6.45, 7) is -0.133. The zero-order valence-electron chi connectivity index (χ0n) is 12.7. The van der Waals surface area contributed by atoms with Gasteiger partial charge < -0.3 is 15.1 Å². The third-order valence-corrected chi connectivity index (χ3v) is 3.36. The number of fused-ring (bicyclic) bond motifs is 1. The molecule has 3 N–H and O–H groups in total. The maximum absolute atomic E-state index is 11.9. The molecule has 0 radical (unpaired) electrons. The molecule has 0 spiro atoms. The van der Waals surface area contributed by atoms with Gasteiger partial charge in [-0.3, -0.25) is 14.6 Å². The van der Waals surface area contributed by atoms with Gasteiger partial charge in [0.05, 0.1) is 18.5 Å². The van der Waals surface area contributed by atoms with E-state index in [0.29, 0.717) is 16.8 Å². The number of rotatable bonds is 5. The van der Waals surface area contributed by atoms with Crippen molar-refractivity contribution in [2.45, 2.75) is 6.42 Å². The Balaban J connectivity index is 1.53. The lowest BCUT2D eigenvalue weighted by atomic mass is 10.1. The highest BCUT2D eigenvalue weighted by Gasteiger charge is 2.08. The lowest BCUT2D eigenvalue weighted by Gasteiger charge is -2.07. The fraction of sp³-hybridized carbons (Fsp3) is 0.118. The first kappa shape index (κ1) is 15.5. The topological polar surface area (TPSA) is 104 Å². The lowest BCUT2D eigenvalue weighted by Crippen LogP contribution is -2.33. The smallest absolute Gasteiger partial charge is 0.408 e. The van der Waals surface area contributed by atoms with Crippen LogP contribution in [0.5, 0.6) is 0 Å². The highest BCUT2D eigenvalue weighted by atomic mass is 16.4. The van der Waals surface area contributed by atoms with Crippen molar-refractivity contribution in [3.05, 3.63) is 64.6 Å². The summed E-state index contributed by atoms with van der Waals surface area (Å²) in [6, 6.07) is 14.1. The van der Waals surface area contributed by atoms with Crippen LogP contribution in [0.15, 0.2) is 57.7 Å². The molecule has 2 aromatic carbocycles. The van der Waals surface area contributed by atoms with Gasteiger partial charge in [-0.2, -0.15) is 0 Å². The van der Waals surface area contributed by atoms with E-state index in [1.54, 1.807) is 18.2 Å². The maximum atomic E-state index is 11.9. The van der Waals surface area contributed by atoms with Crippen LogP contribution in [0.4, 0.5) is 5.69 Å². The van der Waals surface area contributed by atoms with Crippen LogP contribution >= 0.6 is 0 Å². The standard InChI is InChI=1S/C17H15N3O4/c21-15(8-11-4-2-1-3-5-11)18-10-16(22)19-12-6-7-14-13(9-12)20-17(23)24-14/h1-7,9H,8,10H2,(H,18,21)(H,19,22)(H,20,23). The van der Waals surface area contributed by atoms with Gasteiger partial charge in [0.25, 0.3) is 0 Å². The number of benzene rings is 2. The molecule has 0 aliphatic rings. The van der Waals surface area contributed by atoms with E-state index >= 15 is 0 Å². The molecule has 7 nitrogen and oxygen atoms in total. The van der Waals surface area contributed by atoms with Gasteiger partial charge in [-0.1, -0.05) is 30.3 Å². The number of hydrogen-bond acceptors (Lipinski definition) is 4. The second kappa shape index (κ2) is 6.82. The zero-order valence-corrected chi connectivity index (χ0v) is 12.7. The molecule has 0 saturated heterocycles. The maximum Gasteiger partial charge on any atom is 0.417 e. The first-order valence-corrected chi connectivity index (χ1v) is 7.33. The summed E-state index contributed by atoms with van der Waals surface area (Å²) in [5.41, 5.74) is 2.28. The van der Waals surface area contributed by atoms with E-state index in [1.807, 2.05) is 30.3 Å². The van der Waals surface area contributed by atoms with Crippen LogP contribution in [-0.4, -0.2) is 23.3 Å². The van der Waals surface area contributed by atoms with Crippen molar-refractivity contribution in [2.75, 3.05) is 11.9 Å². The summed E-state index contributed by atoms with van der Waals surface area (Å²) in [5.74, 6) is -1.14. The average Bonchev–Trinajstić information content (AvgIpc) is 2.93. The summed E-state index contributed by atoms with van der Waals surface area (Å²) in [4.78, 5) is 37.3. The number of nitrogens with one attached hydrogen (secondary N) is 3. The zero-order chi connectivity index (χ0) is 16.9. The first-order valence-electron chi connectivity index (χ1n) is 7.33. The van der Waals surface area contributed by atoms with Gasteiger partial charge >= 0.3 is 5.76 Å². The highest BCUT2D eigenvalue weighted by Crippen LogP contribution is 2.15. The lowest BCUT2D eigenvalue weighted by molar-refractivity contribution is -0.123. The van der Waals surface area contributed by atoms with E-state index in [9.17, 15) is 14.4 Å². The summed E-state index contributed by atoms with van der Waals surface area (Å²) in [7, 11) is 0. The first-order chi connectivity index (χ1) is 11.6. The molecule has 0 unspecified atom stereocenters. The quantitative estimate of drug-likeness (QED) is 0.660. The summed E-state index contributed by atoms with van der Waals surface area (Å²) in [5, 5.41) is 5.21. The van der Waals surface area contributed by atoms with Gasteiger partial charge in [-0.25, -0.2) is 4.79 Å². The molecular formula is C17H15N3O4. The van der Waals surface area contributed by atoms with Gasteiger partial charge in [0.15, 0.2) is 5.58 Å². The predicted molar refractivity (Wildman–Crippen MR) is 88.6 cm³/mol. The van der Waals surface area contributed by atoms with E-state index in [1.165, 1.54) is 0 Å². The van der Waals surface area contributed by atoms with Crippen molar-refractivity contribution >= 4 is 28.6 Å². The van der Waals surface area contributed by atoms with Gasteiger partial charge in [-0.05, 0) is 23.8 Å². The van der Waals surface area contributed by atoms with Crippen LogP contribution in [0.25, 0.3) is 11.1 Å². The van der Waals surface area contributed by atoms with E-state index in [-0.39, 0.29) is 24.8 Å². The van der Waals surface area contributed by atoms with Crippen LogP contribution in [0, 0.1) is 0 Å². The molecule has 24 heavy (non-hydrogen) atoms. The third kappa shape index (κ3) is 3.89. The highest BCUT2D eigenvalue weighted by molar-refractivity contribution is 5.96. The molecule has 0 bridgehead atoms. The van der Waals surface area contributed by atoms with Crippen LogP contribution < -0.4 is 16.4 Å². The number of amides is 2. The minimum absolute atomic E-state index is 0.133. The number of anilines is 1. The molecule has 0 saturated carbocycles. The van der Waals surface area contributed by atoms with E-state index in [4.69, 9.17) is 4.42 Å². The van der Waals surface area contributed by atoms with E-state index in [0.717, 1.165) is 5.56 Å². The third-order valence-electron chi connectivity index (χ3n) is 3.36. The van der Waals surface area contributed by atoms with Gasteiger partial charge in [0.2, 0.25) is 11.8 Å². The Morgan fingerprint density at radius 3 is 2.62 bits per heavy atom. The molecule has 0 aliphatic carbocycles. The molecule has 0 fully saturated rings. The van der Waals surface area contributed by atoms with Crippen molar-refractivity contribution < 1.29 is 14.0 Å². The molecule has 1 heterocycles. The van der Waals surface area contributed by atoms with Crippen LogP contribution in [0.1, 0.15) is 5.56 Å². The number of aromatic amines is 1. The van der Waals surface area contributed by atoms with Crippen molar-refractivity contribution in [3.8, 4) is 0 Å². The number of hydrogen-bond donors (Lipinski definition) is 3. The molecule has 0 aliphatic heterocycles. The van der Waals surface area contributed by atoms with Gasteiger partial charge in [0, 0.05) is 5.69 Å². The van der Waals surface area contributed by atoms with Crippen LogP contribution in [0.2, 0.25) is 0 Å². The van der Waals surface area contributed by atoms with E-state index < -0.39 is 5.76 Å². The molecule has 122 valence electrons. The SMILES string of the molecule is O=C(Cc1ccccc1)NCC(=O)Nc1ccc2oc(=O)[nH]c2c1. The molecule has 1 aromatic heterocycles. The van der Waals surface area contributed by atoms with Crippen molar-refractivity contribution in [1.82, 2.24) is 10.3 Å². The Labute approximate surface area is 136 Å². The second-order valence-electron chi connectivity index (χ2n) is 5.21. The van der Waals surface area contributed by atoms with Crippen LogP contribution in [-0.2, 0) is 16.0 Å². The monoisotopic (exact) mass is 325 g/mol. The van der Waals surface area contributed by atoms with Gasteiger partial charge in [-0.15, -0.1) is 0 Å². The van der Waals surface area contributed by atoms with Crippen LogP contribution in [0.3, 0.4) is 0 Å². The summed E-state index contributed by atoms with van der Waals surface area (Å²) >= 11 is 0. The van der Waals surface area contributed by atoms with Gasteiger partial charge in [0.1, 0.15) is 0 Å². The van der Waals surface area contributed by atoms with Crippen molar-refractivity contribution in [2.24, 2.45) is 0 Å². The second-order valence-corrected chi connectivity index (χ2v) is 5.21. The average molecular weight is 325 g/mol. The Kier molecular flexibility index (Phi) is 4.42. The minimum atomic E-state index is -0.554. The number of oxazole rings is 1. The predicted octanol–water partition coefficient (Wildman–Crippen LogP) is 1.42. The molecule has 3 aromatic rings. The molecule has 0 atom stereocenters. The van der Waals surface area contributed by atoms with Crippen molar-refractivity contribution in [1.29, 1.82) is 0 Å². The Morgan fingerprint density at radius 1 is 1.04 bits per heavy atom. The Hall–Kier alpha value is -3.35. The minimum Gasteiger partial charge on any atom is -0.408 e.